The van der Waals surface area contributed by atoms with E-state index in [0.29, 0.717) is 0 Å². The fourth-order valence-electron chi connectivity index (χ4n) is 6.92. The van der Waals surface area contributed by atoms with Gasteiger partial charge in [0.25, 0.3) is 0 Å². The van der Waals surface area contributed by atoms with E-state index in [4.69, 9.17) is 15.1 Å². The smallest absolute Gasteiger partial charge is 0.857 e. The Bertz CT molecular complexity index is 2210. The molecule has 6 aromatic rings. The third kappa shape index (κ3) is 7.54. The van der Waals surface area contributed by atoms with Crippen LogP contribution in [-0.2, 0) is 10.8 Å². The summed E-state index contributed by atoms with van der Waals surface area (Å²) >= 11 is 6.97. The molecular weight excluding hydrogens is 771 g/mol. The number of hydrogen-bond acceptors (Lipinski definition) is 4. The van der Waals surface area contributed by atoms with Crippen molar-refractivity contribution < 1.29 is 39.5 Å². The molecule has 8 rings (SSSR count). The zero-order valence-electron chi connectivity index (χ0n) is 29.7. The van der Waals surface area contributed by atoms with Gasteiger partial charge >= 0.3 is 29.6 Å². The van der Waals surface area contributed by atoms with Crippen LogP contribution in [0.15, 0.2) is 142 Å². The van der Waals surface area contributed by atoms with E-state index in [-0.39, 0.29) is 46.2 Å². The predicted molar refractivity (Wildman–Crippen MR) is 210 cm³/mol. The number of carbonyl (C=O) groups is 1. The average molecular weight is 809 g/mol. The van der Waals surface area contributed by atoms with Crippen LogP contribution in [0.2, 0.25) is 0 Å². The number of allylic oxidation sites excluding steroid dienone is 1. The van der Waals surface area contributed by atoms with Crippen LogP contribution >= 0.6 is 31.9 Å². The van der Waals surface area contributed by atoms with Gasteiger partial charge in [-0.2, -0.15) is 7.11 Å². The van der Waals surface area contributed by atoms with Crippen LogP contribution in [0.25, 0.3) is 40.0 Å². The minimum Gasteiger partial charge on any atom is -0.857 e. The predicted octanol–water partition coefficient (Wildman–Crippen LogP) is 7.87. The summed E-state index contributed by atoms with van der Waals surface area (Å²) in [6.45, 7) is 8.76. The molecule has 0 aliphatic heterocycles. The number of Topliss-reactive ketones (excluding diaryl/α,β-unsaturated/α-hetero) is 1. The number of benzene rings is 5. The molecule has 0 amide bonds. The van der Waals surface area contributed by atoms with Crippen molar-refractivity contribution in [3.05, 3.63) is 170 Å². The van der Waals surface area contributed by atoms with Crippen LogP contribution < -0.4 is 34.7 Å². The van der Waals surface area contributed by atoms with Gasteiger partial charge in [0.1, 0.15) is 0 Å². The van der Waals surface area contributed by atoms with Crippen LogP contribution in [-0.4, -0.2) is 22.9 Å². The molecule has 2 aliphatic carbocycles. The molecule has 0 fully saturated rings. The Morgan fingerprint density at radius 2 is 1.06 bits per heavy atom. The van der Waals surface area contributed by atoms with Gasteiger partial charge in [0.2, 0.25) is 0 Å². The van der Waals surface area contributed by atoms with Gasteiger partial charge in [0.05, 0.1) is 11.4 Å². The topological polar surface area (TPSA) is 65.9 Å². The molecular formula is C44H37Br2N2NaO2. The zero-order chi connectivity index (χ0) is 35.6. The van der Waals surface area contributed by atoms with Crippen molar-refractivity contribution in [3.8, 4) is 33.9 Å². The van der Waals surface area contributed by atoms with Crippen molar-refractivity contribution in [1.82, 2.24) is 9.97 Å². The van der Waals surface area contributed by atoms with Crippen LogP contribution in [0, 0.1) is 0 Å². The third-order valence-corrected chi connectivity index (χ3v) is 10.5. The third-order valence-electron chi connectivity index (χ3n) is 9.48. The van der Waals surface area contributed by atoms with E-state index in [9.17, 15) is 4.79 Å². The Kier molecular flexibility index (Phi) is 12.2. The second kappa shape index (κ2) is 16.0. The molecule has 1 aromatic heterocycles. The van der Waals surface area contributed by atoms with E-state index in [1.165, 1.54) is 16.7 Å². The SMILES string of the molecule is CC1(C)/C(=C\c2ccc(Br)cc2)C(=O)c2ccccc21.CC1(C)c2ccccc2-c2nc(-c3ccccc3)nc(-c3ccc(Br)cc3)c21.C[O-].[Na+]. The molecule has 0 unspecified atom stereocenters. The summed E-state index contributed by atoms with van der Waals surface area (Å²) in [5.74, 6) is 0.915. The summed E-state index contributed by atoms with van der Waals surface area (Å²) in [5.41, 5.74) is 11.4. The first-order valence-electron chi connectivity index (χ1n) is 16.4. The molecule has 0 bridgehead atoms. The van der Waals surface area contributed by atoms with Gasteiger partial charge in [0.15, 0.2) is 11.6 Å². The average Bonchev–Trinajstić information content (AvgIpc) is 3.49. The molecule has 51 heavy (non-hydrogen) atoms. The van der Waals surface area contributed by atoms with E-state index in [1.807, 2.05) is 66.7 Å². The van der Waals surface area contributed by atoms with E-state index >= 15 is 0 Å². The first-order valence-corrected chi connectivity index (χ1v) is 18.0. The second-order valence-electron chi connectivity index (χ2n) is 13.3. The van der Waals surface area contributed by atoms with Crippen LogP contribution in [0.5, 0.6) is 0 Å². The van der Waals surface area contributed by atoms with Crippen LogP contribution in [0.1, 0.15) is 60.3 Å². The van der Waals surface area contributed by atoms with Gasteiger partial charge in [-0.1, -0.05) is 163 Å². The number of hydrogen-bond donors (Lipinski definition) is 0. The molecule has 0 atom stereocenters. The second-order valence-corrected chi connectivity index (χ2v) is 15.1. The molecule has 7 heteroatoms. The van der Waals surface area contributed by atoms with Crippen molar-refractivity contribution in [2.45, 2.75) is 38.5 Å². The van der Waals surface area contributed by atoms with Gasteiger partial charge in [-0.3, -0.25) is 4.79 Å². The Morgan fingerprint density at radius 1 is 0.569 bits per heavy atom. The Balaban J connectivity index is 0.000000194. The molecule has 0 saturated heterocycles. The van der Waals surface area contributed by atoms with Crippen LogP contribution in [0.3, 0.4) is 0 Å². The maximum atomic E-state index is 12.6. The largest absolute Gasteiger partial charge is 1.00 e. The molecule has 2 aliphatic rings. The van der Waals surface area contributed by atoms with Gasteiger partial charge in [-0.25, -0.2) is 9.97 Å². The summed E-state index contributed by atoms with van der Waals surface area (Å²) in [6, 6.07) is 43.1. The summed E-state index contributed by atoms with van der Waals surface area (Å²) in [7, 11) is 0.750. The maximum Gasteiger partial charge on any atom is 1.00 e. The Morgan fingerprint density at radius 3 is 1.65 bits per heavy atom. The minimum absolute atomic E-state index is 0. The molecule has 1 heterocycles. The Labute approximate surface area is 339 Å². The maximum absolute atomic E-state index is 12.6. The molecule has 4 nitrogen and oxygen atoms in total. The molecule has 0 saturated carbocycles. The van der Waals surface area contributed by atoms with Gasteiger partial charge < -0.3 is 5.11 Å². The van der Waals surface area contributed by atoms with Crippen molar-refractivity contribution in [3.63, 3.8) is 0 Å². The normalized spacial score (nSPS) is 14.9. The molecule has 250 valence electrons. The Hall–Kier alpha value is -3.49. The number of nitrogens with zero attached hydrogens (tertiary/aromatic N) is 2. The number of fused-ring (bicyclic) bond motifs is 4. The van der Waals surface area contributed by atoms with Crippen molar-refractivity contribution in [1.29, 1.82) is 0 Å². The summed E-state index contributed by atoms with van der Waals surface area (Å²) in [4.78, 5) is 22.7. The van der Waals surface area contributed by atoms with Crippen molar-refractivity contribution in [2.24, 2.45) is 0 Å². The number of ketones is 1. The van der Waals surface area contributed by atoms with E-state index in [1.54, 1.807) is 0 Å². The standard InChI is InChI=1S/C25H19BrN2.C18H15BrO.CH3O.Na/c1-25(2)20-11-7-6-10-19(20)23-21(25)22(16-12-14-18(26)15-13-16)27-24(28-23)17-8-4-3-5-9-17;1-18(2)15-6-4-3-5-14(15)17(20)16(18)11-12-7-9-13(19)10-8-12;1-2;/h3-15H,1-2H3;3-11H,1-2H3;1H3;/q;;-1;+1/b;16-11-;;. The zero-order valence-corrected chi connectivity index (χ0v) is 34.8. The van der Waals surface area contributed by atoms with Crippen molar-refractivity contribution >= 4 is 43.7 Å². The van der Waals surface area contributed by atoms with Gasteiger partial charge in [-0.05, 0) is 47.0 Å². The number of halogens is 2. The van der Waals surface area contributed by atoms with Crippen LogP contribution in [0.4, 0.5) is 0 Å². The summed E-state index contributed by atoms with van der Waals surface area (Å²) in [6.07, 6.45) is 2.01. The molecule has 0 radical (unpaired) electrons. The first-order chi connectivity index (χ1) is 24.1. The fraction of sp³-hybridized carbons (Fsp3) is 0.159. The summed E-state index contributed by atoms with van der Waals surface area (Å²) in [5, 5.41) is 8.25. The minimum atomic E-state index is -0.235. The van der Waals surface area contributed by atoms with Gasteiger partial charge in [-0.15, -0.1) is 0 Å². The monoisotopic (exact) mass is 806 g/mol. The molecule has 0 N–H and O–H groups in total. The van der Waals surface area contributed by atoms with Gasteiger partial charge in [0, 0.05) is 53.2 Å². The summed E-state index contributed by atoms with van der Waals surface area (Å²) < 4.78 is 2.10. The fourth-order valence-corrected chi connectivity index (χ4v) is 7.45. The number of rotatable bonds is 3. The number of aromatic nitrogens is 2. The first kappa shape index (κ1) is 38.7. The van der Waals surface area contributed by atoms with Crippen molar-refractivity contribution in [2.75, 3.05) is 7.11 Å². The van der Waals surface area contributed by atoms with E-state index in [0.717, 1.165) is 66.7 Å². The van der Waals surface area contributed by atoms with E-state index < -0.39 is 0 Å². The molecule has 5 aromatic carbocycles. The number of carbonyl (C=O) groups excluding carboxylic acids is 1. The molecule has 0 spiro atoms. The van der Waals surface area contributed by atoms with E-state index in [2.05, 4.69) is 126 Å². The quantitative estimate of drug-likeness (QED) is 0.135.